The van der Waals surface area contributed by atoms with Gasteiger partial charge in [0.1, 0.15) is 18.2 Å². The van der Waals surface area contributed by atoms with E-state index in [0.717, 1.165) is 22.4 Å². The summed E-state index contributed by atoms with van der Waals surface area (Å²) in [7, 11) is 0. The molecule has 0 saturated heterocycles. The number of para-hydroxylation sites is 1. The fraction of sp³-hybridized carbons (Fsp3) is 0.143. The molecule has 0 saturated carbocycles. The van der Waals surface area contributed by atoms with Gasteiger partial charge in [-0.1, -0.05) is 60.7 Å². The standard InChI is InChI=1S/C21H20FNO/c22-20-12-10-17(11-13-20)14-23-15-19-8-4-5-9-21(19)24-16-18-6-2-1-3-7-18/h1-13,23H,14-16H2. The average Bonchev–Trinajstić information content (AvgIpc) is 2.63. The molecule has 3 aromatic carbocycles. The molecule has 3 rings (SSSR count). The van der Waals surface area contributed by atoms with E-state index in [1.54, 1.807) is 12.1 Å². The Labute approximate surface area is 141 Å². The molecule has 0 aliphatic carbocycles. The molecule has 0 spiro atoms. The van der Waals surface area contributed by atoms with Gasteiger partial charge in [-0.05, 0) is 29.3 Å². The maximum Gasteiger partial charge on any atom is 0.124 e. The van der Waals surface area contributed by atoms with Gasteiger partial charge in [-0.15, -0.1) is 0 Å². The minimum atomic E-state index is -0.210. The molecule has 2 nitrogen and oxygen atoms in total. The molecule has 3 heteroatoms. The molecule has 3 aromatic rings. The van der Waals surface area contributed by atoms with Crippen LogP contribution in [0.1, 0.15) is 16.7 Å². The predicted octanol–water partition coefficient (Wildman–Crippen LogP) is 4.69. The summed E-state index contributed by atoms with van der Waals surface area (Å²) < 4.78 is 18.9. The fourth-order valence-electron chi connectivity index (χ4n) is 2.47. The highest BCUT2D eigenvalue weighted by Crippen LogP contribution is 2.19. The maximum absolute atomic E-state index is 12.9. The molecule has 0 aliphatic heterocycles. The maximum atomic E-state index is 12.9. The van der Waals surface area contributed by atoms with Crippen LogP contribution in [-0.2, 0) is 19.7 Å². The molecule has 0 amide bonds. The first-order valence-electron chi connectivity index (χ1n) is 8.01. The van der Waals surface area contributed by atoms with Crippen molar-refractivity contribution in [1.82, 2.24) is 5.32 Å². The van der Waals surface area contributed by atoms with Gasteiger partial charge in [0.15, 0.2) is 0 Å². The number of rotatable bonds is 7. The van der Waals surface area contributed by atoms with Gasteiger partial charge in [0, 0.05) is 18.7 Å². The smallest absolute Gasteiger partial charge is 0.124 e. The van der Waals surface area contributed by atoms with Crippen molar-refractivity contribution in [3.05, 3.63) is 101 Å². The third-order valence-electron chi connectivity index (χ3n) is 3.77. The lowest BCUT2D eigenvalue weighted by Crippen LogP contribution is -2.13. The monoisotopic (exact) mass is 321 g/mol. The van der Waals surface area contributed by atoms with Crippen molar-refractivity contribution in [2.45, 2.75) is 19.7 Å². The first-order chi connectivity index (χ1) is 11.8. The Morgan fingerprint density at radius 1 is 0.708 bits per heavy atom. The molecule has 0 radical (unpaired) electrons. The largest absolute Gasteiger partial charge is 0.489 e. The molecule has 122 valence electrons. The molecule has 0 atom stereocenters. The van der Waals surface area contributed by atoms with Crippen LogP contribution in [0.2, 0.25) is 0 Å². The van der Waals surface area contributed by atoms with E-state index in [4.69, 9.17) is 4.74 Å². The van der Waals surface area contributed by atoms with Crippen LogP contribution in [0.3, 0.4) is 0 Å². The topological polar surface area (TPSA) is 21.3 Å². The molecule has 24 heavy (non-hydrogen) atoms. The lowest BCUT2D eigenvalue weighted by atomic mass is 10.2. The Morgan fingerprint density at radius 3 is 2.21 bits per heavy atom. The van der Waals surface area contributed by atoms with Crippen LogP contribution >= 0.6 is 0 Å². The minimum Gasteiger partial charge on any atom is -0.489 e. The van der Waals surface area contributed by atoms with Gasteiger partial charge in [0.25, 0.3) is 0 Å². The van der Waals surface area contributed by atoms with Crippen LogP contribution in [0.25, 0.3) is 0 Å². The van der Waals surface area contributed by atoms with Crippen LogP contribution in [0.4, 0.5) is 4.39 Å². The van der Waals surface area contributed by atoms with Gasteiger partial charge >= 0.3 is 0 Å². The van der Waals surface area contributed by atoms with E-state index in [1.165, 1.54) is 12.1 Å². The number of hydrogen-bond donors (Lipinski definition) is 1. The van der Waals surface area contributed by atoms with Crippen molar-refractivity contribution >= 4 is 0 Å². The second-order valence-electron chi connectivity index (χ2n) is 5.61. The van der Waals surface area contributed by atoms with Crippen LogP contribution in [0.5, 0.6) is 5.75 Å². The molecule has 0 unspecified atom stereocenters. The summed E-state index contributed by atoms with van der Waals surface area (Å²) >= 11 is 0. The third kappa shape index (κ3) is 4.67. The number of halogens is 1. The normalized spacial score (nSPS) is 10.5. The molecular weight excluding hydrogens is 301 g/mol. The van der Waals surface area contributed by atoms with Crippen molar-refractivity contribution in [2.24, 2.45) is 0 Å². The summed E-state index contributed by atoms with van der Waals surface area (Å²) in [6.45, 7) is 1.94. The Hall–Kier alpha value is -2.65. The first kappa shape index (κ1) is 16.2. The summed E-state index contributed by atoms with van der Waals surface area (Å²) in [5.41, 5.74) is 3.31. The fourth-order valence-corrected chi connectivity index (χ4v) is 2.47. The number of benzene rings is 3. The highest BCUT2D eigenvalue weighted by Gasteiger charge is 2.03. The second kappa shape index (κ2) is 8.27. The van der Waals surface area contributed by atoms with Crippen LogP contribution in [0, 0.1) is 5.82 Å². The third-order valence-corrected chi connectivity index (χ3v) is 3.77. The second-order valence-corrected chi connectivity index (χ2v) is 5.61. The van der Waals surface area contributed by atoms with Crippen molar-refractivity contribution in [2.75, 3.05) is 0 Å². The summed E-state index contributed by atoms with van der Waals surface area (Å²) in [6, 6.07) is 24.7. The van der Waals surface area contributed by atoms with Gasteiger partial charge in [0.05, 0.1) is 0 Å². The number of ether oxygens (including phenoxy) is 1. The molecular formula is C21H20FNO. The van der Waals surface area contributed by atoms with E-state index < -0.39 is 0 Å². The van der Waals surface area contributed by atoms with Crippen molar-refractivity contribution in [3.63, 3.8) is 0 Å². The van der Waals surface area contributed by atoms with E-state index in [0.29, 0.717) is 19.7 Å². The van der Waals surface area contributed by atoms with Gasteiger partial charge in [-0.3, -0.25) is 0 Å². The van der Waals surface area contributed by atoms with Crippen LogP contribution in [0.15, 0.2) is 78.9 Å². The molecule has 0 heterocycles. The first-order valence-corrected chi connectivity index (χ1v) is 8.01. The van der Waals surface area contributed by atoms with Crippen LogP contribution < -0.4 is 10.1 Å². The number of nitrogens with one attached hydrogen (secondary N) is 1. The summed E-state index contributed by atoms with van der Waals surface area (Å²) in [4.78, 5) is 0. The minimum absolute atomic E-state index is 0.210. The lowest BCUT2D eigenvalue weighted by molar-refractivity contribution is 0.302. The van der Waals surface area contributed by atoms with Gasteiger partial charge in [-0.25, -0.2) is 4.39 Å². The summed E-state index contributed by atoms with van der Waals surface area (Å²) in [5, 5.41) is 3.37. The quantitative estimate of drug-likeness (QED) is 0.681. The van der Waals surface area contributed by atoms with E-state index in [1.807, 2.05) is 36.4 Å². The van der Waals surface area contributed by atoms with Crippen molar-refractivity contribution < 1.29 is 9.13 Å². The van der Waals surface area contributed by atoms with E-state index >= 15 is 0 Å². The van der Waals surface area contributed by atoms with Crippen molar-refractivity contribution in [1.29, 1.82) is 0 Å². The van der Waals surface area contributed by atoms with Crippen molar-refractivity contribution in [3.8, 4) is 5.75 Å². The average molecular weight is 321 g/mol. The van der Waals surface area contributed by atoms with Crippen LogP contribution in [-0.4, -0.2) is 0 Å². The SMILES string of the molecule is Fc1ccc(CNCc2ccccc2OCc2ccccc2)cc1. The highest BCUT2D eigenvalue weighted by molar-refractivity contribution is 5.33. The summed E-state index contributed by atoms with van der Waals surface area (Å²) in [5.74, 6) is 0.673. The molecule has 0 aliphatic rings. The Kier molecular flexibility index (Phi) is 5.59. The molecule has 0 fully saturated rings. The summed E-state index contributed by atoms with van der Waals surface area (Å²) in [6.07, 6.45) is 0. The zero-order valence-corrected chi connectivity index (χ0v) is 13.4. The predicted molar refractivity (Wildman–Crippen MR) is 94.2 cm³/mol. The molecule has 0 bridgehead atoms. The van der Waals surface area contributed by atoms with E-state index in [9.17, 15) is 4.39 Å². The van der Waals surface area contributed by atoms with Gasteiger partial charge < -0.3 is 10.1 Å². The highest BCUT2D eigenvalue weighted by atomic mass is 19.1. The molecule has 1 N–H and O–H groups in total. The zero-order valence-electron chi connectivity index (χ0n) is 13.4. The Morgan fingerprint density at radius 2 is 1.42 bits per heavy atom. The zero-order chi connectivity index (χ0) is 16.6. The Bertz CT molecular complexity index is 756. The van der Waals surface area contributed by atoms with E-state index in [-0.39, 0.29) is 5.82 Å². The lowest BCUT2D eigenvalue weighted by Gasteiger charge is -2.12. The number of hydrogen-bond acceptors (Lipinski definition) is 2. The molecule has 0 aromatic heterocycles. The van der Waals surface area contributed by atoms with E-state index in [2.05, 4.69) is 23.5 Å². The van der Waals surface area contributed by atoms with Gasteiger partial charge in [0.2, 0.25) is 0 Å². The Balaban J connectivity index is 1.56. The van der Waals surface area contributed by atoms with Gasteiger partial charge in [-0.2, -0.15) is 0 Å².